The number of likely N-dealkylation sites (tertiary alicyclic amines) is 1. The van der Waals surface area contributed by atoms with E-state index in [9.17, 15) is 18.4 Å². The van der Waals surface area contributed by atoms with Crippen molar-refractivity contribution in [3.05, 3.63) is 147 Å². The van der Waals surface area contributed by atoms with Gasteiger partial charge in [-0.25, -0.2) is 33.0 Å². The molecule has 1 saturated carbocycles. The highest BCUT2D eigenvalue weighted by atomic mass is 35.5. The van der Waals surface area contributed by atoms with Crippen LogP contribution in [0.2, 0.25) is 5.02 Å². The van der Waals surface area contributed by atoms with Gasteiger partial charge < -0.3 is 33.5 Å². The van der Waals surface area contributed by atoms with Gasteiger partial charge in [0, 0.05) is 50.5 Å². The van der Waals surface area contributed by atoms with Crippen molar-refractivity contribution in [2.24, 2.45) is 5.41 Å². The molecular weight excluding hydrogens is 1020 g/mol. The van der Waals surface area contributed by atoms with Crippen LogP contribution in [0, 0.1) is 24.0 Å². The van der Waals surface area contributed by atoms with Crippen LogP contribution in [-0.2, 0) is 45.4 Å². The van der Waals surface area contributed by atoms with Gasteiger partial charge in [0.15, 0.2) is 11.6 Å². The molecule has 0 spiro atoms. The smallest absolute Gasteiger partial charge is 0.415 e. The Labute approximate surface area is 441 Å². The van der Waals surface area contributed by atoms with Crippen LogP contribution >= 0.6 is 11.6 Å². The maximum absolute atomic E-state index is 16.2. The normalized spacial score (nSPS) is 19.2. The minimum absolute atomic E-state index is 0.0306. The van der Waals surface area contributed by atoms with Gasteiger partial charge in [-0.2, -0.15) is 0 Å². The number of halogens is 3. The number of nitrogens with zero attached hydrogens (tertiary/aromatic N) is 6. The molecule has 3 heterocycles. The number of pyridine rings is 1. The Kier molecular flexibility index (Phi) is 18.4. The average Bonchev–Trinajstić information content (AvgIpc) is 4.31. The second kappa shape index (κ2) is 25.1. The third-order valence-electron chi connectivity index (χ3n) is 13.9. The summed E-state index contributed by atoms with van der Waals surface area (Å²) in [5.41, 5.74) is 2.65. The summed E-state index contributed by atoms with van der Waals surface area (Å²) >= 11 is 5.98. The third-order valence-corrected chi connectivity index (χ3v) is 14.3. The number of aryl methyl sites for hydroxylation is 1. The van der Waals surface area contributed by atoms with Crippen LogP contribution in [0.15, 0.2) is 97.2 Å². The van der Waals surface area contributed by atoms with E-state index >= 15 is 4.79 Å². The van der Waals surface area contributed by atoms with Crippen LogP contribution in [0.4, 0.5) is 18.4 Å². The molecule has 20 nitrogen and oxygen atoms in total. The standard InChI is InChI=1S/C53H59ClF2N6O14/c1-33-38(20-21-57-49(33)72-24-23-70-3)28-59(39-16-17-39)50(63)53(2)43(37-14-12-34(13-15-37)9-6-22-71-48-45(56)19-18-44(55)47(48)54)27-40-29-58(51(64)75-41-10-4-7-35(25-41)31-73-61(66)67)30-46(53)60(40)52(65)76-42-11-5-8-36(26-42)32-74-62(68)69/h4-5,7-8,10-15,18-21,25-26,39-40,43,46,66-69H,6,9,16-17,22-24,27-32H2,1-3H3. The van der Waals surface area contributed by atoms with Gasteiger partial charge in [-0.05, 0) is 116 Å². The molecule has 1 aromatic heterocycles. The first kappa shape index (κ1) is 55.7. The maximum atomic E-state index is 16.2. The zero-order valence-corrected chi connectivity index (χ0v) is 42.7. The number of carbonyl (C=O) groups excluding carboxylic acids is 3. The predicted molar refractivity (Wildman–Crippen MR) is 263 cm³/mol. The van der Waals surface area contributed by atoms with E-state index in [4.69, 9.17) is 65.8 Å². The molecule has 2 saturated heterocycles. The lowest BCUT2D eigenvalue weighted by atomic mass is 9.60. The Morgan fingerprint density at radius 2 is 1.43 bits per heavy atom. The number of ether oxygens (including phenoxy) is 5. The van der Waals surface area contributed by atoms with Crippen molar-refractivity contribution < 1.29 is 77.4 Å². The van der Waals surface area contributed by atoms with Crippen LogP contribution < -0.4 is 18.9 Å². The average molecular weight is 1080 g/mol. The highest BCUT2D eigenvalue weighted by Crippen LogP contribution is 2.53. The molecule has 2 bridgehead atoms. The van der Waals surface area contributed by atoms with Gasteiger partial charge in [0.1, 0.15) is 28.9 Å². The number of fused-ring (bicyclic) bond motifs is 2. The largest absolute Gasteiger partial charge is 0.489 e. The number of amides is 3. The first-order valence-corrected chi connectivity index (χ1v) is 24.9. The van der Waals surface area contributed by atoms with E-state index in [1.54, 1.807) is 54.6 Å². The lowest BCUT2D eigenvalue weighted by Gasteiger charge is -2.59. The summed E-state index contributed by atoms with van der Waals surface area (Å²) in [4.78, 5) is 64.4. The van der Waals surface area contributed by atoms with Crippen molar-refractivity contribution in [2.45, 2.75) is 89.8 Å². The molecule has 5 aromatic rings. The number of rotatable bonds is 22. The molecule has 3 aliphatic rings. The van der Waals surface area contributed by atoms with Gasteiger partial charge in [-0.15, -0.1) is 0 Å². The van der Waals surface area contributed by atoms with Gasteiger partial charge in [-0.1, -0.05) is 60.1 Å². The molecule has 23 heteroatoms. The number of hydrogen-bond donors (Lipinski definition) is 4. The zero-order valence-electron chi connectivity index (χ0n) is 41.9. The van der Waals surface area contributed by atoms with Crippen molar-refractivity contribution in [3.63, 3.8) is 0 Å². The van der Waals surface area contributed by atoms with Crippen LogP contribution in [0.25, 0.3) is 0 Å². The molecule has 3 fully saturated rings. The number of aromatic nitrogens is 1. The minimum atomic E-state index is -1.47. The van der Waals surface area contributed by atoms with Crippen molar-refractivity contribution in [3.8, 4) is 23.1 Å². The predicted octanol–water partition coefficient (Wildman–Crippen LogP) is 8.82. The Bertz CT molecular complexity index is 2830. The summed E-state index contributed by atoms with van der Waals surface area (Å²) < 4.78 is 57.2. The lowest BCUT2D eigenvalue weighted by molar-refractivity contribution is -0.497. The van der Waals surface area contributed by atoms with Gasteiger partial charge >= 0.3 is 12.2 Å². The number of benzene rings is 4. The summed E-state index contributed by atoms with van der Waals surface area (Å²) in [6, 6.07) is 22.1. The molecule has 2 aliphatic heterocycles. The topological polar surface area (TPSA) is 226 Å². The summed E-state index contributed by atoms with van der Waals surface area (Å²) in [7, 11) is 1.57. The third kappa shape index (κ3) is 13.3. The highest BCUT2D eigenvalue weighted by molar-refractivity contribution is 6.32. The second-order valence-electron chi connectivity index (χ2n) is 18.9. The van der Waals surface area contributed by atoms with E-state index in [1.165, 1.54) is 17.0 Å². The summed E-state index contributed by atoms with van der Waals surface area (Å²) in [6.45, 7) is 3.79. The molecule has 4 N–H and O–H groups in total. The number of hydrogen-bond acceptors (Lipinski definition) is 17. The van der Waals surface area contributed by atoms with Crippen molar-refractivity contribution in [1.82, 2.24) is 30.5 Å². The lowest BCUT2D eigenvalue weighted by Crippen LogP contribution is -2.73. The Morgan fingerprint density at radius 3 is 2.07 bits per heavy atom. The molecular formula is C53H59ClF2N6O14. The fourth-order valence-electron chi connectivity index (χ4n) is 9.91. The second-order valence-corrected chi connectivity index (χ2v) is 19.3. The number of piperidine rings is 1. The molecule has 8 rings (SSSR count). The minimum Gasteiger partial charge on any atom is -0.489 e. The molecule has 4 unspecified atom stereocenters. The van der Waals surface area contributed by atoms with Crippen molar-refractivity contribution in [2.75, 3.05) is 40.0 Å². The monoisotopic (exact) mass is 1080 g/mol. The number of piperazine rings is 1. The van der Waals surface area contributed by atoms with Crippen molar-refractivity contribution in [1.29, 1.82) is 0 Å². The van der Waals surface area contributed by atoms with Gasteiger partial charge in [0.25, 0.3) is 0 Å². The molecule has 0 radical (unpaired) electrons. The van der Waals surface area contributed by atoms with E-state index in [0.717, 1.165) is 47.2 Å². The first-order chi connectivity index (χ1) is 36.5. The van der Waals surface area contributed by atoms with E-state index in [1.807, 2.05) is 49.1 Å². The Morgan fingerprint density at radius 1 is 0.789 bits per heavy atom. The molecule has 76 heavy (non-hydrogen) atoms. The first-order valence-electron chi connectivity index (χ1n) is 24.5. The van der Waals surface area contributed by atoms with Gasteiger partial charge in [0.2, 0.25) is 11.8 Å². The molecule has 1 aliphatic carbocycles. The summed E-state index contributed by atoms with van der Waals surface area (Å²) in [6.07, 6.45) is 2.63. The van der Waals surface area contributed by atoms with E-state index in [0.29, 0.717) is 36.5 Å². The maximum Gasteiger partial charge on any atom is 0.415 e. The quantitative estimate of drug-likeness (QED) is 0.0288. The fraction of sp³-hybridized carbons (Fsp3) is 0.396. The van der Waals surface area contributed by atoms with Crippen LogP contribution in [-0.4, -0.2) is 128 Å². The van der Waals surface area contributed by atoms with Crippen LogP contribution in [0.1, 0.15) is 71.9 Å². The zero-order chi connectivity index (χ0) is 54.1. The summed E-state index contributed by atoms with van der Waals surface area (Å²) in [5.74, 6) is -2.12. The molecule has 4 atom stereocenters. The molecule has 406 valence electrons. The fourth-order valence-corrected chi connectivity index (χ4v) is 10.1. The summed E-state index contributed by atoms with van der Waals surface area (Å²) in [5, 5.41) is 35.2. The van der Waals surface area contributed by atoms with E-state index in [2.05, 4.69) is 4.98 Å². The Hall–Kier alpha value is -6.57. The van der Waals surface area contributed by atoms with Gasteiger partial charge in [-0.3, -0.25) is 30.5 Å². The highest BCUT2D eigenvalue weighted by Gasteiger charge is 2.62. The SMILES string of the molecule is COCCOc1nccc(CN(C(=O)C2(C)C(c3ccc(CCCOc4c(F)ccc(F)c4Cl)cc3)CC3CN(C(=O)Oc4cccc(CON(O)O)c4)CC2N3C(=O)Oc2cccc(CON(O)O)c2)C2CC2)c1C. The van der Waals surface area contributed by atoms with E-state index < -0.39 is 63.0 Å². The van der Waals surface area contributed by atoms with Crippen LogP contribution in [0.3, 0.4) is 0 Å². The number of methoxy groups -OCH3 is 1. The molecule has 4 aromatic carbocycles. The van der Waals surface area contributed by atoms with Crippen molar-refractivity contribution >= 4 is 29.7 Å². The van der Waals surface area contributed by atoms with Crippen LogP contribution in [0.5, 0.6) is 23.1 Å². The van der Waals surface area contributed by atoms with E-state index in [-0.39, 0.29) is 81.7 Å². The Balaban J connectivity index is 1.15. The molecule has 3 amide bonds. The van der Waals surface area contributed by atoms with Gasteiger partial charge in [0.05, 0.1) is 54.7 Å². The number of carbonyl (C=O) groups is 3.